The van der Waals surface area contributed by atoms with Gasteiger partial charge in [0.05, 0.1) is 14.2 Å². The molecule has 0 saturated carbocycles. The van der Waals surface area contributed by atoms with E-state index in [0.29, 0.717) is 0 Å². The molecule has 0 radical (unpaired) electrons. The Hall–Kier alpha value is -1.48. The maximum atomic E-state index is 6.42. The van der Waals surface area contributed by atoms with Gasteiger partial charge in [-0.05, 0) is 49.8 Å². The van der Waals surface area contributed by atoms with E-state index in [1.165, 1.54) is 43.2 Å². The molecule has 0 heterocycles. The molecule has 1 atom stereocenters. The van der Waals surface area contributed by atoms with Gasteiger partial charge >= 0.3 is 0 Å². The first-order chi connectivity index (χ1) is 10.2. The molecule has 0 amide bonds. The van der Waals surface area contributed by atoms with Crippen LogP contribution in [-0.4, -0.2) is 20.3 Å². The second-order valence-corrected chi connectivity index (χ2v) is 5.73. The van der Waals surface area contributed by atoms with Crippen LogP contribution in [0.1, 0.15) is 44.1 Å². The highest BCUT2D eigenvalue weighted by molar-refractivity contribution is 5.43. The number of hydrogen-bond donors (Lipinski definition) is 1. The van der Waals surface area contributed by atoms with Crippen LogP contribution >= 0.6 is 0 Å². The van der Waals surface area contributed by atoms with Crippen LogP contribution in [0.5, 0.6) is 11.5 Å². The van der Waals surface area contributed by atoms with E-state index >= 15 is 0 Å². The molecule has 3 nitrogen and oxygen atoms in total. The van der Waals surface area contributed by atoms with Crippen molar-refractivity contribution in [2.24, 2.45) is 5.73 Å². The average Bonchev–Trinajstić information content (AvgIpc) is 2.46. The number of allylic oxidation sites excluding steroid dienone is 1. The molecule has 0 bridgehead atoms. The lowest BCUT2D eigenvalue weighted by atomic mass is 9.92. The molecule has 1 aromatic carbocycles. The van der Waals surface area contributed by atoms with Crippen molar-refractivity contribution < 1.29 is 9.47 Å². The van der Waals surface area contributed by atoms with Crippen molar-refractivity contribution in [3.05, 3.63) is 35.4 Å². The summed E-state index contributed by atoms with van der Waals surface area (Å²) in [6, 6.07) is 6.17. The largest absolute Gasteiger partial charge is 0.493 e. The predicted molar refractivity (Wildman–Crippen MR) is 87.0 cm³/mol. The number of nitrogens with two attached hydrogens (primary N) is 1. The second-order valence-electron chi connectivity index (χ2n) is 5.73. The first-order valence-corrected chi connectivity index (χ1v) is 7.90. The van der Waals surface area contributed by atoms with E-state index in [-0.39, 0.29) is 6.04 Å². The fourth-order valence-corrected chi connectivity index (χ4v) is 2.95. The minimum atomic E-state index is 0.112. The molecule has 0 aromatic heterocycles. The molecule has 0 saturated heterocycles. The van der Waals surface area contributed by atoms with Crippen LogP contribution in [0.2, 0.25) is 0 Å². The van der Waals surface area contributed by atoms with E-state index in [1.54, 1.807) is 14.2 Å². The van der Waals surface area contributed by atoms with Gasteiger partial charge in [0.2, 0.25) is 0 Å². The van der Waals surface area contributed by atoms with Crippen LogP contribution in [-0.2, 0) is 6.42 Å². The summed E-state index contributed by atoms with van der Waals surface area (Å²) in [6.45, 7) is 0. The van der Waals surface area contributed by atoms with E-state index in [1.807, 2.05) is 12.1 Å². The average molecular weight is 289 g/mol. The minimum absolute atomic E-state index is 0.112. The number of rotatable bonds is 5. The fraction of sp³-hybridized carbons (Fsp3) is 0.556. The zero-order valence-corrected chi connectivity index (χ0v) is 13.2. The van der Waals surface area contributed by atoms with Gasteiger partial charge in [0.15, 0.2) is 11.5 Å². The lowest BCUT2D eigenvalue weighted by Crippen LogP contribution is -2.25. The van der Waals surface area contributed by atoms with Crippen molar-refractivity contribution in [1.82, 2.24) is 0 Å². The van der Waals surface area contributed by atoms with E-state index in [0.717, 1.165) is 24.3 Å². The lowest BCUT2D eigenvalue weighted by molar-refractivity contribution is 0.354. The summed E-state index contributed by atoms with van der Waals surface area (Å²) in [5, 5.41) is 0. The molecule has 1 unspecified atom stereocenters. The van der Waals surface area contributed by atoms with Gasteiger partial charge in [-0.25, -0.2) is 0 Å². The summed E-state index contributed by atoms with van der Waals surface area (Å²) >= 11 is 0. The summed E-state index contributed by atoms with van der Waals surface area (Å²) in [5.41, 5.74) is 9.04. The van der Waals surface area contributed by atoms with Gasteiger partial charge in [0.25, 0.3) is 0 Å². The maximum absolute atomic E-state index is 6.42. The number of ether oxygens (including phenoxy) is 2. The second kappa shape index (κ2) is 8.08. The van der Waals surface area contributed by atoms with Crippen molar-refractivity contribution in [3.63, 3.8) is 0 Å². The molecule has 2 N–H and O–H groups in total. The Morgan fingerprint density at radius 1 is 1.05 bits per heavy atom. The maximum Gasteiger partial charge on any atom is 0.160 e. The zero-order chi connectivity index (χ0) is 15.1. The lowest BCUT2D eigenvalue weighted by Gasteiger charge is -2.19. The first kappa shape index (κ1) is 15.9. The predicted octanol–water partition coefficient (Wildman–Crippen LogP) is 3.85. The monoisotopic (exact) mass is 289 g/mol. The Morgan fingerprint density at radius 3 is 2.57 bits per heavy atom. The number of benzene rings is 1. The van der Waals surface area contributed by atoms with E-state index < -0.39 is 0 Å². The van der Waals surface area contributed by atoms with Gasteiger partial charge in [-0.1, -0.05) is 30.6 Å². The van der Waals surface area contributed by atoms with Gasteiger partial charge in [-0.3, -0.25) is 0 Å². The van der Waals surface area contributed by atoms with E-state index in [2.05, 4.69) is 12.1 Å². The minimum Gasteiger partial charge on any atom is -0.493 e. The van der Waals surface area contributed by atoms with Crippen LogP contribution in [0.4, 0.5) is 0 Å². The van der Waals surface area contributed by atoms with Crippen LogP contribution < -0.4 is 15.2 Å². The third-order valence-electron chi connectivity index (χ3n) is 4.21. The summed E-state index contributed by atoms with van der Waals surface area (Å²) in [6.07, 6.45) is 10.8. The first-order valence-electron chi connectivity index (χ1n) is 7.90. The molecule has 116 valence electrons. The summed E-state index contributed by atoms with van der Waals surface area (Å²) < 4.78 is 10.6. The Balaban J connectivity index is 2.05. The van der Waals surface area contributed by atoms with Crippen molar-refractivity contribution >= 4 is 0 Å². The molecule has 1 aliphatic rings. The zero-order valence-electron chi connectivity index (χ0n) is 13.2. The fourth-order valence-electron chi connectivity index (χ4n) is 2.95. The smallest absolute Gasteiger partial charge is 0.160 e. The van der Waals surface area contributed by atoms with Crippen molar-refractivity contribution in [2.45, 2.75) is 51.0 Å². The van der Waals surface area contributed by atoms with Gasteiger partial charge in [0, 0.05) is 6.04 Å². The summed E-state index contributed by atoms with van der Waals surface area (Å²) in [4.78, 5) is 0. The summed E-state index contributed by atoms with van der Waals surface area (Å²) in [7, 11) is 3.32. The molecular formula is C18H27NO2. The van der Waals surface area contributed by atoms with Gasteiger partial charge in [0.1, 0.15) is 0 Å². The number of methoxy groups -OCH3 is 2. The summed E-state index contributed by atoms with van der Waals surface area (Å²) in [5.74, 6) is 1.54. The van der Waals surface area contributed by atoms with E-state index in [4.69, 9.17) is 15.2 Å². The highest BCUT2D eigenvalue weighted by atomic mass is 16.5. The van der Waals surface area contributed by atoms with Crippen molar-refractivity contribution in [1.29, 1.82) is 0 Å². The molecule has 2 rings (SSSR count). The van der Waals surface area contributed by atoms with Crippen molar-refractivity contribution in [3.8, 4) is 11.5 Å². The quantitative estimate of drug-likeness (QED) is 0.837. The Kier molecular flexibility index (Phi) is 6.12. The molecule has 3 heteroatoms. The standard InChI is InChI=1S/C18H27NO2/c1-20-17-11-10-14(13-18(17)21-2)12-16(19)15-8-6-4-3-5-7-9-15/h8,10-11,13,16H,3-7,9,12,19H2,1-2H3/b15-8+. The third-order valence-corrected chi connectivity index (χ3v) is 4.21. The van der Waals surface area contributed by atoms with Crippen LogP contribution in [0.25, 0.3) is 0 Å². The van der Waals surface area contributed by atoms with Gasteiger partial charge in [-0.15, -0.1) is 0 Å². The molecule has 0 aliphatic heterocycles. The SMILES string of the molecule is COc1ccc(CC(N)/C2=C/CCCCCC2)cc1OC. The highest BCUT2D eigenvalue weighted by Gasteiger charge is 2.13. The van der Waals surface area contributed by atoms with Crippen molar-refractivity contribution in [2.75, 3.05) is 14.2 Å². The Bertz CT molecular complexity index is 482. The molecule has 0 spiro atoms. The molecule has 1 aromatic rings. The van der Waals surface area contributed by atoms with Gasteiger partial charge in [-0.2, -0.15) is 0 Å². The molecule has 1 aliphatic carbocycles. The Morgan fingerprint density at radius 2 is 1.81 bits per heavy atom. The molecular weight excluding hydrogens is 262 g/mol. The van der Waals surface area contributed by atoms with Gasteiger partial charge < -0.3 is 15.2 Å². The van der Waals surface area contributed by atoms with Crippen LogP contribution in [0, 0.1) is 0 Å². The number of hydrogen-bond acceptors (Lipinski definition) is 3. The Labute approximate surface area is 128 Å². The topological polar surface area (TPSA) is 44.5 Å². The highest BCUT2D eigenvalue weighted by Crippen LogP contribution is 2.29. The van der Waals surface area contributed by atoms with Crippen LogP contribution in [0.3, 0.4) is 0 Å². The molecule has 21 heavy (non-hydrogen) atoms. The van der Waals surface area contributed by atoms with Crippen LogP contribution in [0.15, 0.2) is 29.8 Å². The van der Waals surface area contributed by atoms with E-state index in [9.17, 15) is 0 Å². The molecule has 0 fully saturated rings. The normalized spacial score (nSPS) is 19.9. The third kappa shape index (κ3) is 4.50.